The predicted molar refractivity (Wildman–Crippen MR) is 76.1 cm³/mol. The van der Waals surface area contributed by atoms with Gasteiger partial charge >= 0.3 is 5.51 Å². The molecule has 0 saturated carbocycles. The summed E-state index contributed by atoms with van der Waals surface area (Å²) < 4.78 is 100. The summed E-state index contributed by atoms with van der Waals surface area (Å²) in [6.07, 6.45) is 0. The molecule has 0 radical (unpaired) electrons. The van der Waals surface area contributed by atoms with Crippen LogP contribution in [0.15, 0.2) is 52.3 Å². The number of rotatable bonds is 4. The topological polar surface area (TPSA) is 63.2 Å². The van der Waals surface area contributed by atoms with E-state index in [1.807, 2.05) is 4.72 Å². The van der Waals surface area contributed by atoms with Crippen LogP contribution in [-0.4, -0.2) is 18.1 Å². The Hall–Kier alpha value is -2.01. The molecule has 0 saturated heterocycles. The molecule has 0 spiro atoms. The third kappa shape index (κ3) is 4.29. The van der Waals surface area contributed by atoms with Gasteiger partial charge in [0, 0.05) is 16.6 Å². The quantitative estimate of drug-likeness (QED) is 0.821. The van der Waals surface area contributed by atoms with Crippen molar-refractivity contribution in [3.8, 4) is 0 Å². The van der Waals surface area contributed by atoms with Crippen LogP contribution in [0.1, 0.15) is 0 Å². The molecule has 0 aliphatic rings. The van der Waals surface area contributed by atoms with Gasteiger partial charge in [-0.1, -0.05) is 0 Å². The highest BCUT2D eigenvalue weighted by atomic mass is 32.2. The minimum absolute atomic E-state index is 0.164. The molecule has 2 rings (SSSR count). The van der Waals surface area contributed by atoms with Crippen molar-refractivity contribution >= 4 is 26.5 Å². The highest BCUT2D eigenvalue weighted by Gasteiger charge is 2.37. The molecule has 130 valence electrons. The first-order valence-electron chi connectivity index (χ1n) is 6.06. The summed E-state index contributed by atoms with van der Waals surface area (Å²) in [5, 5.41) is 0. The van der Waals surface area contributed by atoms with E-state index in [2.05, 4.69) is 0 Å². The Labute approximate surface area is 135 Å². The van der Waals surface area contributed by atoms with E-state index in [-0.39, 0.29) is 5.69 Å². The van der Waals surface area contributed by atoms with E-state index in [1.165, 1.54) is 0 Å². The average molecular weight is 385 g/mol. The number of halogens is 5. The maximum absolute atomic E-state index is 13.1. The largest absolute Gasteiger partial charge is 0.475 e. The van der Waals surface area contributed by atoms with Crippen LogP contribution in [0.3, 0.4) is 0 Å². The SMILES string of the molecule is O=S(c1ccc(NS(=O)(=O)c2cc(F)cc(F)c2)cc1)C(F)(F)F. The first-order valence-corrected chi connectivity index (χ1v) is 8.70. The highest BCUT2D eigenvalue weighted by molar-refractivity contribution is 7.92. The molecule has 0 fully saturated rings. The number of nitrogens with one attached hydrogen (secondary N) is 1. The summed E-state index contributed by atoms with van der Waals surface area (Å²) in [6, 6.07) is 5.21. The zero-order chi connectivity index (χ0) is 18.1. The van der Waals surface area contributed by atoms with Gasteiger partial charge in [-0.3, -0.25) is 4.72 Å². The summed E-state index contributed by atoms with van der Waals surface area (Å²) in [6.45, 7) is 0. The normalized spacial score (nSPS) is 13.5. The number of alkyl halides is 3. The third-order valence-corrected chi connectivity index (χ3v) is 5.16. The van der Waals surface area contributed by atoms with Gasteiger partial charge < -0.3 is 0 Å². The van der Waals surface area contributed by atoms with E-state index in [4.69, 9.17) is 0 Å². The summed E-state index contributed by atoms with van der Waals surface area (Å²) in [5.74, 6) is -2.21. The van der Waals surface area contributed by atoms with Crippen molar-refractivity contribution in [3.05, 3.63) is 54.1 Å². The molecule has 2 aromatic carbocycles. The van der Waals surface area contributed by atoms with Crippen molar-refractivity contribution in [3.63, 3.8) is 0 Å². The maximum Gasteiger partial charge on any atom is 0.475 e. The van der Waals surface area contributed by atoms with E-state index in [0.717, 1.165) is 24.3 Å². The van der Waals surface area contributed by atoms with E-state index in [9.17, 15) is 34.6 Å². The average Bonchev–Trinajstić information content (AvgIpc) is 2.45. The van der Waals surface area contributed by atoms with Gasteiger partial charge in [0.15, 0.2) is 10.8 Å². The van der Waals surface area contributed by atoms with Crippen LogP contribution < -0.4 is 4.72 Å². The Morgan fingerprint density at radius 2 is 1.42 bits per heavy atom. The highest BCUT2D eigenvalue weighted by Crippen LogP contribution is 2.27. The van der Waals surface area contributed by atoms with Gasteiger partial charge in [-0.25, -0.2) is 21.4 Å². The van der Waals surface area contributed by atoms with Crippen molar-refractivity contribution in [2.45, 2.75) is 15.3 Å². The van der Waals surface area contributed by atoms with Gasteiger partial charge in [0.05, 0.1) is 4.90 Å². The number of sulfonamides is 1. The molecule has 2 aromatic rings. The molecule has 1 N–H and O–H groups in total. The third-order valence-electron chi connectivity index (χ3n) is 2.68. The van der Waals surface area contributed by atoms with Crippen molar-refractivity contribution in [1.29, 1.82) is 0 Å². The van der Waals surface area contributed by atoms with Crippen LogP contribution in [0.25, 0.3) is 0 Å². The first kappa shape index (κ1) is 18.3. The van der Waals surface area contributed by atoms with Crippen molar-refractivity contribution < 1.29 is 34.6 Å². The molecule has 1 atom stereocenters. The van der Waals surface area contributed by atoms with Crippen molar-refractivity contribution in [1.82, 2.24) is 0 Å². The van der Waals surface area contributed by atoms with Gasteiger partial charge in [-0.05, 0) is 36.4 Å². The Bertz CT molecular complexity index is 859. The molecule has 11 heteroatoms. The Morgan fingerprint density at radius 3 is 1.88 bits per heavy atom. The monoisotopic (exact) mass is 385 g/mol. The van der Waals surface area contributed by atoms with Crippen molar-refractivity contribution in [2.24, 2.45) is 0 Å². The molecule has 24 heavy (non-hydrogen) atoms. The second-order valence-electron chi connectivity index (χ2n) is 4.45. The number of benzene rings is 2. The smallest absolute Gasteiger partial charge is 0.280 e. The fourth-order valence-corrected chi connectivity index (χ4v) is 3.43. The predicted octanol–water partition coefficient (Wildman–Crippen LogP) is 3.39. The van der Waals surface area contributed by atoms with Crippen LogP contribution in [0.4, 0.5) is 27.6 Å². The lowest BCUT2D eigenvalue weighted by Crippen LogP contribution is -2.16. The number of hydrogen-bond acceptors (Lipinski definition) is 3. The molecule has 0 aliphatic carbocycles. The molecule has 1 unspecified atom stereocenters. The standard InChI is InChI=1S/C13H8F5NO3S2/c14-8-5-9(15)7-12(6-8)24(21,22)19-10-1-3-11(4-2-10)23(20)13(16,17)18/h1-7,19H. The summed E-state index contributed by atoms with van der Waals surface area (Å²) in [5.41, 5.74) is -5.11. The summed E-state index contributed by atoms with van der Waals surface area (Å²) in [7, 11) is -7.60. The molecule has 0 amide bonds. The lowest BCUT2D eigenvalue weighted by molar-refractivity contribution is -0.0384. The summed E-state index contributed by atoms with van der Waals surface area (Å²) in [4.78, 5) is -1.26. The maximum atomic E-state index is 13.1. The van der Waals surface area contributed by atoms with Gasteiger partial charge in [0.1, 0.15) is 11.6 Å². The summed E-state index contributed by atoms with van der Waals surface area (Å²) >= 11 is 0. The van der Waals surface area contributed by atoms with Crippen molar-refractivity contribution in [2.75, 3.05) is 4.72 Å². The minimum atomic E-state index is -4.94. The molecule has 0 bridgehead atoms. The zero-order valence-corrected chi connectivity index (χ0v) is 13.1. The molecule has 0 heterocycles. The Balaban J connectivity index is 2.26. The van der Waals surface area contributed by atoms with E-state index < -0.39 is 47.8 Å². The number of anilines is 1. The zero-order valence-electron chi connectivity index (χ0n) is 11.5. The van der Waals surface area contributed by atoms with Crippen LogP contribution in [-0.2, 0) is 20.8 Å². The molecular weight excluding hydrogens is 377 g/mol. The fourth-order valence-electron chi connectivity index (χ4n) is 1.68. The lowest BCUT2D eigenvalue weighted by Gasteiger charge is -2.10. The molecule has 0 aliphatic heterocycles. The molecule has 4 nitrogen and oxygen atoms in total. The van der Waals surface area contributed by atoms with Crippen LogP contribution in [0, 0.1) is 11.6 Å². The second kappa shape index (κ2) is 6.48. The molecular formula is C13H8F5NO3S2. The minimum Gasteiger partial charge on any atom is -0.280 e. The Morgan fingerprint density at radius 1 is 0.917 bits per heavy atom. The Kier molecular flexibility index (Phi) is 4.95. The molecule has 0 aromatic heterocycles. The lowest BCUT2D eigenvalue weighted by atomic mass is 10.3. The van der Waals surface area contributed by atoms with Gasteiger partial charge in [-0.2, -0.15) is 13.2 Å². The second-order valence-corrected chi connectivity index (χ2v) is 7.60. The van der Waals surface area contributed by atoms with Crippen LogP contribution >= 0.6 is 0 Å². The van der Waals surface area contributed by atoms with Gasteiger partial charge in [-0.15, -0.1) is 0 Å². The first-order chi connectivity index (χ1) is 11.0. The van der Waals surface area contributed by atoms with E-state index in [0.29, 0.717) is 18.2 Å². The van der Waals surface area contributed by atoms with E-state index in [1.54, 1.807) is 0 Å². The van der Waals surface area contributed by atoms with Gasteiger partial charge in [0.2, 0.25) is 0 Å². The van der Waals surface area contributed by atoms with E-state index >= 15 is 0 Å². The van der Waals surface area contributed by atoms with Gasteiger partial charge in [0.25, 0.3) is 10.0 Å². The fraction of sp³-hybridized carbons (Fsp3) is 0.0769. The van der Waals surface area contributed by atoms with Crippen LogP contribution in [0.2, 0.25) is 0 Å². The van der Waals surface area contributed by atoms with Crippen LogP contribution in [0.5, 0.6) is 0 Å². The number of hydrogen-bond donors (Lipinski definition) is 1.